The number of benzene rings is 1. The number of primary amides is 1. The number of ether oxygens (including phenoxy) is 4. The zero-order chi connectivity index (χ0) is 28.6. The number of hydrogen-bond acceptors (Lipinski definition) is 8. The van der Waals surface area contributed by atoms with Crippen molar-refractivity contribution in [3.8, 4) is 22.6 Å². The Morgan fingerprint density at radius 2 is 2.02 bits per heavy atom. The number of nitrogens with zero attached hydrogens (tertiary/aromatic N) is 2. The molecule has 1 saturated heterocycles. The summed E-state index contributed by atoms with van der Waals surface area (Å²) in [5.41, 5.74) is 5.82. The maximum atomic E-state index is 13.5. The monoisotopic (exact) mass is 574 g/mol. The molecule has 1 fully saturated rings. The van der Waals surface area contributed by atoms with Crippen LogP contribution in [-0.2, 0) is 14.3 Å². The fraction of sp³-hybridized carbons (Fsp3) is 0.333. The lowest BCUT2D eigenvalue weighted by molar-refractivity contribution is -0.124. The number of nitrogens with two attached hydrogens (primary N) is 1. The summed E-state index contributed by atoms with van der Waals surface area (Å²) in [4.78, 5) is 42.3. The van der Waals surface area contributed by atoms with Crippen molar-refractivity contribution < 1.29 is 32.9 Å². The minimum Gasteiger partial charge on any atom is -0.495 e. The van der Waals surface area contributed by atoms with Crippen LogP contribution in [0.1, 0.15) is 23.0 Å². The van der Waals surface area contributed by atoms with E-state index in [1.54, 1.807) is 18.2 Å². The Labute approximate surface area is 234 Å². The molecule has 4 rings (SSSR count). The van der Waals surface area contributed by atoms with E-state index < -0.39 is 36.2 Å². The van der Waals surface area contributed by atoms with Gasteiger partial charge in [0.1, 0.15) is 36.5 Å². The zero-order valence-corrected chi connectivity index (χ0v) is 22.4. The first-order valence-corrected chi connectivity index (χ1v) is 12.7. The topological polar surface area (TPSA) is 144 Å². The predicted molar refractivity (Wildman–Crippen MR) is 145 cm³/mol. The molecule has 3 heterocycles. The summed E-state index contributed by atoms with van der Waals surface area (Å²) >= 11 is 6.21. The molecule has 0 spiro atoms. The van der Waals surface area contributed by atoms with Crippen LogP contribution in [-0.4, -0.2) is 67.7 Å². The van der Waals surface area contributed by atoms with E-state index in [9.17, 15) is 18.8 Å². The lowest BCUT2D eigenvalue weighted by Crippen LogP contribution is -2.38. The predicted octanol–water partition coefficient (Wildman–Crippen LogP) is 3.00. The second-order valence-corrected chi connectivity index (χ2v) is 9.22. The van der Waals surface area contributed by atoms with Crippen LogP contribution in [0.5, 0.6) is 11.5 Å². The average molecular weight is 575 g/mol. The summed E-state index contributed by atoms with van der Waals surface area (Å²) in [6.07, 6.45) is 2.37. The highest BCUT2D eigenvalue weighted by atomic mass is 35.5. The van der Waals surface area contributed by atoms with Crippen LogP contribution in [0.4, 0.5) is 10.1 Å². The van der Waals surface area contributed by atoms with Crippen LogP contribution in [0.15, 0.2) is 53.6 Å². The van der Waals surface area contributed by atoms with Gasteiger partial charge in [0.15, 0.2) is 0 Å². The molecule has 0 aliphatic carbocycles. The second-order valence-electron chi connectivity index (χ2n) is 8.78. The molecule has 1 aromatic carbocycles. The van der Waals surface area contributed by atoms with E-state index in [0.29, 0.717) is 40.8 Å². The Morgan fingerprint density at radius 1 is 1.23 bits per heavy atom. The van der Waals surface area contributed by atoms with Crippen LogP contribution in [0, 0.1) is 0 Å². The Balaban J connectivity index is 1.72. The Kier molecular flexibility index (Phi) is 9.70. The van der Waals surface area contributed by atoms with Crippen LogP contribution < -0.4 is 26.1 Å². The van der Waals surface area contributed by atoms with E-state index in [1.807, 2.05) is 0 Å². The number of aromatic nitrogens is 2. The maximum absolute atomic E-state index is 13.5. The molecule has 2 aromatic heterocycles. The summed E-state index contributed by atoms with van der Waals surface area (Å²) < 4.78 is 36.4. The van der Waals surface area contributed by atoms with Gasteiger partial charge in [-0.15, -0.1) is 0 Å². The van der Waals surface area contributed by atoms with Gasteiger partial charge in [-0.05, 0) is 30.3 Å². The van der Waals surface area contributed by atoms with Crippen molar-refractivity contribution in [3.63, 3.8) is 0 Å². The van der Waals surface area contributed by atoms with Gasteiger partial charge in [0, 0.05) is 28.6 Å². The van der Waals surface area contributed by atoms with Gasteiger partial charge in [0.25, 0.3) is 11.5 Å². The second kappa shape index (κ2) is 13.4. The number of methoxy groups -OCH3 is 1. The van der Waals surface area contributed by atoms with Gasteiger partial charge < -0.3 is 30.0 Å². The fourth-order valence-electron chi connectivity index (χ4n) is 4.24. The molecule has 1 aliphatic heterocycles. The number of alkyl halides is 1. The number of carbonyl (C=O) groups excluding carboxylic acids is 2. The van der Waals surface area contributed by atoms with E-state index in [2.05, 4.69) is 10.3 Å². The molecule has 2 atom stereocenters. The first-order valence-electron chi connectivity index (χ1n) is 12.4. The fourth-order valence-corrected chi connectivity index (χ4v) is 4.41. The van der Waals surface area contributed by atoms with Gasteiger partial charge in [-0.3, -0.25) is 19.0 Å². The van der Waals surface area contributed by atoms with Crippen molar-refractivity contribution in [2.24, 2.45) is 5.73 Å². The van der Waals surface area contributed by atoms with Gasteiger partial charge in [-0.1, -0.05) is 11.6 Å². The molecular weight excluding hydrogens is 547 g/mol. The highest BCUT2D eigenvalue weighted by molar-refractivity contribution is 6.31. The summed E-state index contributed by atoms with van der Waals surface area (Å²) in [6, 6.07) is 7.86. The molecule has 0 bridgehead atoms. The molecule has 0 saturated carbocycles. The van der Waals surface area contributed by atoms with Crippen molar-refractivity contribution in [3.05, 3.63) is 69.9 Å². The number of halogens is 2. The molecule has 1 aliphatic rings. The molecule has 40 heavy (non-hydrogen) atoms. The largest absolute Gasteiger partial charge is 0.495 e. The van der Waals surface area contributed by atoms with Gasteiger partial charge in [0.05, 0.1) is 51.1 Å². The third kappa shape index (κ3) is 6.95. The van der Waals surface area contributed by atoms with Crippen molar-refractivity contribution in [1.29, 1.82) is 0 Å². The number of pyridine rings is 2. The third-order valence-corrected chi connectivity index (χ3v) is 6.36. The lowest BCUT2D eigenvalue weighted by Gasteiger charge is -2.28. The quantitative estimate of drug-likeness (QED) is 0.356. The van der Waals surface area contributed by atoms with Crippen molar-refractivity contribution >= 4 is 29.1 Å². The van der Waals surface area contributed by atoms with E-state index in [0.717, 1.165) is 0 Å². The molecule has 3 aromatic rings. The first kappa shape index (κ1) is 29.0. The minimum atomic E-state index is -1.04. The van der Waals surface area contributed by atoms with Crippen LogP contribution in [0.2, 0.25) is 5.02 Å². The lowest BCUT2D eigenvalue weighted by atomic mass is 10.0. The molecule has 2 amide bonds. The maximum Gasteiger partial charge on any atom is 0.267 e. The number of anilines is 1. The molecule has 0 radical (unpaired) electrons. The smallest absolute Gasteiger partial charge is 0.267 e. The molecule has 11 nitrogen and oxygen atoms in total. The van der Waals surface area contributed by atoms with E-state index in [1.165, 1.54) is 42.3 Å². The number of amides is 2. The van der Waals surface area contributed by atoms with Crippen molar-refractivity contribution in [1.82, 2.24) is 9.55 Å². The molecule has 2 unspecified atom stereocenters. The van der Waals surface area contributed by atoms with Gasteiger partial charge in [-0.2, -0.15) is 0 Å². The van der Waals surface area contributed by atoms with Gasteiger partial charge in [0.2, 0.25) is 5.91 Å². The number of carbonyl (C=O) groups is 2. The molecular formula is C27H28ClFN4O7. The SMILES string of the molecule is COc1cn(C(CC2COCCO2)C(=O)Nc2ccc(C(N)=O)nc2)c(=O)cc1-c1cc(Cl)ccc1OCCF. The number of nitrogens with one attached hydrogen (secondary N) is 1. The number of hydrogen-bond donors (Lipinski definition) is 2. The van der Waals surface area contributed by atoms with E-state index in [-0.39, 0.29) is 31.1 Å². The number of rotatable bonds is 11. The van der Waals surface area contributed by atoms with Crippen molar-refractivity contribution in [2.75, 3.05) is 45.5 Å². The minimum absolute atomic E-state index is 0.0368. The summed E-state index contributed by atoms with van der Waals surface area (Å²) in [7, 11) is 1.42. The highest BCUT2D eigenvalue weighted by Crippen LogP contribution is 2.38. The van der Waals surface area contributed by atoms with Crippen LogP contribution in [0.3, 0.4) is 0 Å². The summed E-state index contributed by atoms with van der Waals surface area (Å²) in [5.74, 6) is -0.680. The molecule has 212 valence electrons. The zero-order valence-electron chi connectivity index (χ0n) is 21.6. The van der Waals surface area contributed by atoms with E-state index >= 15 is 0 Å². The third-order valence-electron chi connectivity index (χ3n) is 6.12. The van der Waals surface area contributed by atoms with E-state index in [4.69, 9.17) is 36.3 Å². The average Bonchev–Trinajstić information content (AvgIpc) is 2.96. The van der Waals surface area contributed by atoms with Gasteiger partial charge >= 0.3 is 0 Å². The summed E-state index contributed by atoms with van der Waals surface area (Å²) in [6.45, 7) is 0.145. The van der Waals surface area contributed by atoms with Crippen LogP contribution in [0.25, 0.3) is 11.1 Å². The normalized spacial score (nSPS) is 15.7. The Bertz CT molecular complexity index is 1410. The molecule has 3 N–H and O–H groups in total. The van der Waals surface area contributed by atoms with Crippen molar-refractivity contribution in [2.45, 2.75) is 18.6 Å². The van der Waals surface area contributed by atoms with Crippen LogP contribution >= 0.6 is 11.6 Å². The first-order chi connectivity index (χ1) is 19.3. The summed E-state index contributed by atoms with van der Waals surface area (Å²) in [5, 5.41) is 3.10. The molecule has 13 heteroatoms. The standard InChI is InChI=1S/C27H28ClFN4O7/c1-37-24-14-33(25(34)12-20(24)19-10-16(28)2-5-23(19)40-7-6-29)22(11-18-15-38-8-9-39-18)27(36)32-17-3-4-21(26(30)35)31-13-17/h2-5,10,12-14,18,22H,6-9,11,15H2,1H3,(H2,30,35)(H,32,36). The van der Waals surface area contributed by atoms with Gasteiger partial charge in [-0.25, -0.2) is 9.37 Å². The Morgan fingerprint density at radius 3 is 2.67 bits per heavy atom. The highest BCUT2D eigenvalue weighted by Gasteiger charge is 2.29. The Hall–Kier alpha value is -4.00.